The highest BCUT2D eigenvalue weighted by Crippen LogP contribution is 2.41. The Morgan fingerprint density at radius 3 is 2.44 bits per heavy atom. The van der Waals surface area contributed by atoms with Crippen LogP contribution in [0, 0.1) is 0 Å². The Bertz CT molecular complexity index is 734. The highest BCUT2D eigenvalue weighted by molar-refractivity contribution is 6.39. The van der Waals surface area contributed by atoms with E-state index in [1.54, 1.807) is 13.8 Å². The molecule has 1 unspecified atom stereocenters. The summed E-state index contributed by atoms with van der Waals surface area (Å²) in [7, 11) is 0. The van der Waals surface area contributed by atoms with Crippen LogP contribution in [0.1, 0.15) is 33.1 Å². The summed E-state index contributed by atoms with van der Waals surface area (Å²) in [6, 6.07) is 5.93. The SMILES string of the molecule is CCCC1=NN(C(=O)C(=O)Nc2ccc(OCC)cc2)C(O)(C(F)(F)F)C1. The van der Waals surface area contributed by atoms with Crippen LogP contribution < -0.4 is 10.1 Å². The quantitative estimate of drug-likeness (QED) is 0.760. The fraction of sp³-hybridized carbons (Fsp3) is 0.471. The summed E-state index contributed by atoms with van der Waals surface area (Å²) in [5.74, 6) is -2.42. The van der Waals surface area contributed by atoms with Gasteiger partial charge in [0.1, 0.15) is 5.75 Å². The molecule has 0 aromatic heterocycles. The largest absolute Gasteiger partial charge is 0.494 e. The maximum absolute atomic E-state index is 13.3. The number of rotatable bonds is 5. The van der Waals surface area contributed by atoms with Crippen molar-refractivity contribution in [3.05, 3.63) is 24.3 Å². The summed E-state index contributed by atoms with van der Waals surface area (Å²) >= 11 is 0. The average Bonchev–Trinajstić information content (AvgIpc) is 2.94. The molecule has 1 aromatic carbocycles. The number of amides is 2. The van der Waals surface area contributed by atoms with E-state index in [4.69, 9.17) is 4.74 Å². The molecule has 0 aliphatic carbocycles. The van der Waals surface area contributed by atoms with Gasteiger partial charge in [-0.25, -0.2) is 0 Å². The van der Waals surface area contributed by atoms with Crippen LogP contribution in [0.25, 0.3) is 0 Å². The van der Waals surface area contributed by atoms with Crippen molar-refractivity contribution in [2.24, 2.45) is 5.10 Å². The molecule has 0 spiro atoms. The second-order valence-electron chi connectivity index (χ2n) is 5.94. The molecule has 2 N–H and O–H groups in total. The van der Waals surface area contributed by atoms with Gasteiger partial charge >= 0.3 is 18.0 Å². The number of nitrogens with one attached hydrogen (secondary N) is 1. The van der Waals surface area contributed by atoms with Crippen LogP contribution in [0.4, 0.5) is 18.9 Å². The van der Waals surface area contributed by atoms with Gasteiger partial charge in [0.05, 0.1) is 6.61 Å². The van der Waals surface area contributed by atoms with Crippen LogP contribution in [0.2, 0.25) is 0 Å². The number of benzene rings is 1. The zero-order valence-electron chi connectivity index (χ0n) is 14.8. The van der Waals surface area contributed by atoms with Gasteiger partial charge in [0, 0.05) is 17.8 Å². The van der Waals surface area contributed by atoms with Gasteiger partial charge in [-0.15, -0.1) is 0 Å². The molecule has 1 heterocycles. The van der Waals surface area contributed by atoms with Gasteiger partial charge in [0.25, 0.3) is 5.72 Å². The summed E-state index contributed by atoms with van der Waals surface area (Å²) in [4.78, 5) is 24.4. The third-order valence-corrected chi connectivity index (χ3v) is 3.84. The van der Waals surface area contributed by atoms with E-state index in [9.17, 15) is 27.9 Å². The number of aliphatic hydroxyl groups is 1. The minimum Gasteiger partial charge on any atom is -0.494 e. The molecule has 2 amide bonds. The van der Waals surface area contributed by atoms with Gasteiger partial charge in [-0.2, -0.15) is 23.3 Å². The number of carbonyl (C=O) groups excluding carboxylic acids is 2. The third kappa shape index (κ3) is 4.38. The van der Waals surface area contributed by atoms with E-state index in [1.807, 2.05) is 0 Å². The second-order valence-corrected chi connectivity index (χ2v) is 5.94. The summed E-state index contributed by atoms with van der Waals surface area (Å²) in [5, 5.41) is 15.6. The molecule has 1 aliphatic heterocycles. The number of ether oxygens (including phenoxy) is 1. The number of alkyl halides is 3. The van der Waals surface area contributed by atoms with E-state index >= 15 is 0 Å². The molecule has 0 bridgehead atoms. The molecule has 1 aromatic rings. The van der Waals surface area contributed by atoms with Crippen LogP contribution in [0.5, 0.6) is 5.75 Å². The molecular formula is C17H20F3N3O4. The Morgan fingerprint density at radius 1 is 1.30 bits per heavy atom. The van der Waals surface area contributed by atoms with E-state index in [0.29, 0.717) is 18.8 Å². The smallest absolute Gasteiger partial charge is 0.438 e. The van der Waals surface area contributed by atoms with Crippen molar-refractivity contribution in [2.45, 2.75) is 45.0 Å². The van der Waals surface area contributed by atoms with E-state index in [-0.39, 0.29) is 22.8 Å². The molecule has 1 atom stereocenters. The second kappa shape index (κ2) is 7.95. The molecule has 2 rings (SSSR count). The molecule has 10 heteroatoms. The van der Waals surface area contributed by atoms with Gasteiger partial charge in [0.15, 0.2) is 0 Å². The minimum atomic E-state index is -5.17. The number of hydrogen-bond donors (Lipinski definition) is 2. The first-order valence-corrected chi connectivity index (χ1v) is 8.36. The Hall–Kier alpha value is -2.62. The predicted octanol–water partition coefficient (Wildman–Crippen LogP) is 2.66. The van der Waals surface area contributed by atoms with Gasteiger partial charge in [0.2, 0.25) is 0 Å². The fourth-order valence-corrected chi connectivity index (χ4v) is 2.56. The van der Waals surface area contributed by atoms with E-state index in [0.717, 1.165) is 0 Å². The Balaban J connectivity index is 2.18. The highest BCUT2D eigenvalue weighted by Gasteiger charge is 2.63. The lowest BCUT2D eigenvalue weighted by atomic mass is 10.0. The maximum Gasteiger partial charge on any atom is 0.438 e. The molecular weight excluding hydrogens is 367 g/mol. The number of hydrogen-bond acceptors (Lipinski definition) is 5. The van der Waals surface area contributed by atoms with Crippen LogP contribution in [-0.2, 0) is 9.59 Å². The van der Waals surface area contributed by atoms with Crippen LogP contribution >= 0.6 is 0 Å². The first kappa shape index (κ1) is 20.7. The van der Waals surface area contributed by atoms with Gasteiger partial charge in [-0.05, 0) is 37.6 Å². The molecule has 7 nitrogen and oxygen atoms in total. The average molecular weight is 387 g/mol. The van der Waals surface area contributed by atoms with Crippen molar-refractivity contribution >= 4 is 23.2 Å². The summed E-state index contributed by atoms with van der Waals surface area (Å²) in [5.41, 5.74) is -3.35. The normalized spacial score (nSPS) is 19.6. The highest BCUT2D eigenvalue weighted by atomic mass is 19.4. The van der Waals surface area contributed by atoms with Crippen molar-refractivity contribution in [1.29, 1.82) is 0 Å². The van der Waals surface area contributed by atoms with Crippen molar-refractivity contribution < 1.29 is 32.6 Å². The molecule has 148 valence electrons. The lowest BCUT2D eigenvalue weighted by Crippen LogP contribution is -2.58. The van der Waals surface area contributed by atoms with Crippen molar-refractivity contribution in [3.8, 4) is 5.75 Å². The summed E-state index contributed by atoms with van der Waals surface area (Å²) in [6.07, 6.45) is -5.40. The number of nitrogens with zero attached hydrogens (tertiary/aromatic N) is 2. The first-order chi connectivity index (χ1) is 12.6. The lowest BCUT2D eigenvalue weighted by Gasteiger charge is -2.32. The van der Waals surface area contributed by atoms with Gasteiger partial charge in [-0.1, -0.05) is 13.3 Å². The molecule has 0 fully saturated rings. The van der Waals surface area contributed by atoms with E-state index in [2.05, 4.69) is 10.4 Å². The Morgan fingerprint density at radius 2 is 1.93 bits per heavy atom. The predicted molar refractivity (Wildman–Crippen MR) is 91.1 cm³/mol. The first-order valence-electron chi connectivity index (χ1n) is 8.36. The Kier molecular flexibility index (Phi) is 6.09. The number of anilines is 1. The maximum atomic E-state index is 13.3. The lowest BCUT2D eigenvalue weighted by molar-refractivity contribution is -0.301. The zero-order chi connectivity index (χ0) is 20.2. The molecule has 0 radical (unpaired) electrons. The fourth-order valence-electron chi connectivity index (χ4n) is 2.56. The van der Waals surface area contributed by atoms with Crippen LogP contribution in [0.15, 0.2) is 29.4 Å². The van der Waals surface area contributed by atoms with Crippen molar-refractivity contribution in [1.82, 2.24) is 5.01 Å². The number of hydrazone groups is 1. The summed E-state index contributed by atoms with van der Waals surface area (Å²) < 4.78 is 45.2. The molecule has 0 saturated carbocycles. The standard InChI is InChI=1S/C17H20F3N3O4/c1-3-5-12-10-16(26,17(18,19)20)23(22-12)15(25)14(24)21-11-6-8-13(9-7-11)27-4-2/h6-9,26H,3-5,10H2,1-2H3,(H,21,24). The Labute approximate surface area is 153 Å². The molecule has 1 aliphatic rings. The number of carbonyl (C=O) groups is 2. The monoisotopic (exact) mass is 387 g/mol. The number of halogens is 3. The van der Waals surface area contributed by atoms with E-state index in [1.165, 1.54) is 24.3 Å². The van der Waals surface area contributed by atoms with Gasteiger partial charge in [-0.3, -0.25) is 9.59 Å². The third-order valence-electron chi connectivity index (χ3n) is 3.84. The minimum absolute atomic E-state index is 0.000424. The zero-order valence-corrected chi connectivity index (χ0v) is 14.8. The molecule has 0 saturated heterocycles. The topological polar surface area (TPSA) is 91.2 Å². The van der Waals surface area contributed by atoms with E-state index < -0.39 is 30.1 Å². The van der Waals surface area contributed by atoms with Crippen molar-refractivity contribution in [3.63, 3.8) is 0 Å². The van der Waals surface area contributed by atoms with Crippen LogP contribution in [-0.4, -0.2) is 46.1 Å². The molecule has 27 heavy (non-hydrogen) atoms. The van der Waals surface area contributed by atoms with Gasteiger partial charge < -0.3 is 15.2 Å². The van der Waals surface area contributed by atoms with Crippen molar-refractivity contribution in [2.75, 3.05) is 11.9 Å². The van der Waals surface area contributed by atoms with Crippen LogP contribution in [0.3, 0.4) is 0 Å². The summed E-state index contributed by atoms with van der Waals surface area (Å²) in [6.45, 7) is 3.95.